The standard InChI is InChI=1S/C24H41N3O5/c1-5-31-22(29)19-8-6-18(7-9-19)21(28)26-16-14-25(15-17-26)20-10-12-27(13-11-20)23(30)32-24(2,3)4/h18-20H,5-17H2,1-4H3. The Balaban J connectivity index is 1.38. The predicted octanol–water partition coefficient (Wildman–Crippen LogP) is 2.90. The quantitative estimate of drug-likeness (QED) is 0.612. The number of nitrogens with zero attached hydrogens (tertiary/aromatic N) is 3. The number of carbonyl (C=O) groups is 3. The summed E-state index contributed by atoms with van der Waals surface area (Å²) in [6, 6.07) is 0.464. The first-order valence-electron chi connectivity index (χ1n) is 12.4. The van der Waals surface area contributed by atoms with Gasteiger partial charge in [-0.15, -0.1) is 0 Å². The van der Waals surface area contributed by atoms with E-state index in [0.29, 0.717) is 12.6 Å². The van der Waals surface area contributed by atoms with Gasteiger partial charge in [-0.3, -0.25) is 14.5 Å². The number of piperazine rings is 1. The van der Waals surface area contributed by atoms with E-state index >= 15 is 0 Å². The Bertz CT molecular complexity index is 653. The zero-order valence-electron chi connectivity index (χ0n) is 20.3. The summed E-state index contributed by atoms with van der Waals surface area (Å²) in [7, 11) is 0. The molecule has 2 amide bonds. The largest absolute Gasteiger partial charge is 0.466 e. The molecule has 3 aliphatic rings. The fraction of sp³-hybridized carbons (Fsp3) is 0.875. The molecular formula is C24H41N3O5. The van der Waals surface area contributed by atoms with Crippen LogP contribution in [0.5, 0.6) is 0 Å². The molecule has 2 saturated heterocycles. The fourth-order valence-electron chi connectivity index (χ4n) is 5.14. The third kappa shape index (κ3) is 6.59. The van der Waals surface area contributed by atoms with Crippen molar-refractivity contribution in [3.05, 3.63) is 0 Å². The smallest absolute Gasteiger partial charge is 0.410 e. The number of amides is 2. The molecule has 8 heteroatoms. The predicted molar refractivity (Wildman–Crippen MR) is 121 cm³/mol. The number of hydrogen-bond donors (Lipinski definition) is 0. The molecule has 32 heavy (non-hydrogen) atoms. The SMILES string of the molecule is CCOC(=O)C1CCC(C(=O)N2CCN(C3CCN(C(=O)OC(C)(C)C)CC3)CC2)CC1. The number of esters is 1. The molecule has 0 spiro atoms. The minimum Gasteiger partial charge on any atom is -0.466 e. The van der Waals surface area contributed by atoms with E-state index in [1.165, 1.54) is 0 Å². The number of likely N-dealkylation sites (tertiary alicyclic amines) is 1. The van der Waals surface area contributed by atoms with Crippen LogP contribution in [0.2, 0.25) is 0 Å². The van der Waals surface area contributed by atoms with Crippen LogP contribution in [-0.2, 0) is 19.1 Å². The van der Waals surface area contributed by atoms with Crippen molar-refractivity contribution >= 4 is 18.0 Å². The summed E-state index contributed by atoms with van der Waals surface area (Å²) in [5.41, 5.74) is -0.463. The molecule has 2 aliphatic heterocycles. The van der Waals surface area contributed by atoms with Gasteiger partial charge in [0.15, 0.2) is 0 Å². The average molecular weight is 452 g/mol. The monoisotopic (exact) mass is 451 g/mol. The highest BCUT2D eigenvalue weighted by molar-refractivity contribution is 5.80. The minimum absolute atomic E-state index is 0.0394. The van der Waals surface area contributed by atoms with Gasteiger partial charge in [-0.1, -0.05) is 0 Å². The molecule has 182 valence electrons. The summed E-state index contributed by atoms with van der Waals surface area (Å²) in [4.78, 5) is 43.5. The summed E-state index contributed by atoms with van der Waals surface area (Å²) in [6.07, 6.45) is 4.76. The third-order valence-corrected chi connectivity index (χ3v) is 6.95. The Morgan fingerprint density at radius 2 is 1.34 bits per heavy atom. The molecule has 0 aromatic heterocycles. The highest BCUT2D eigenvalue weighted by Crippen LogP contribution is 2.31. The number of piperidine rings is 1. The number of rotatable bonds is 4. The van der Waals surface area contributed by atoms with E-state index in [-0.39, 0.29) is 29.8 Å². The lowest BCUT2D eigenvalue weighted by Crippen LogP contribution is -2.55. The fourth-order valence-corrected chi connectivity index (χ4v) is 5.14. The lowest BCUT2D eigenvalue weighted by atomic mass is 9.81. The molecule has 0 unspecified atom stereocenters. The maximum atomic E-state index is 13.0. The van der Waals surface area contributed by atoms with Crippen LogP contribution in [-0.4, -0.2) is 90.2 Å². The van der Waals surface area contributed by atoms with Crippen LogP contribution < -0.4 is 0 Å². The van der Waals surface area contributed by atoms with Crippen molar-refractivity contribution in [2.45, 2.75) is 77.9 Å². The van der Waals surface area contributed by atoms with Crippen molar-refractivity contribution in [3.63, 3.8) is 0 Å². The summed E-state index contributed by atoms with van der Waals surface area (Å²) < 4.78 is 10.6. The van der Waals surface area contributed by atoms with Gasteiger partial charge in [0.1, 0.15) is 5.60 Å². The van der Waals surface area contributed by atoms with Gasteiger partial charge in [-0.2, -0.15) is 0 Å². The molecule has 8 nitrogen and oxygen atoms in total. The second-order valence-electron chi connectivity index (χ2n) is 10.4. The van der Waals surface area contributed by atoms with Gasteiger partial charge in [0.05, 0.1) is 12.5 Å². The Labute approximate surface area is 192 Å². The van der Waals surface area contributed by atoms with Gasteiger partial charge < -0.3 is 19.3 Å². The highest BCUT2D eigenvalue weighted by atomic mass is 16.6. The van der Waals surface area contributed by atoms with E-state index in [1.54, 1.807) is 0 Å². The highest BCUT2D eigenvalue weighted by Gasteiger charge is 2.35. The lowest BCUT2D eigenvalue weighted by molar-refractivity contribution is -0.151. The first-order chi connectivity index (χ1) is 15.2. The van der Waals surface area contributed by atoms with E-state index in [9.17, 15) is 14.4 Å². The second kappa shape index (κ2) is 10.9. The molecule has 3 fully saturated rings. The summed E-state index contributed by atoms with van der Waals surface area (Å²) in [5.74, 6) is 0.156. The topological polar surface area (TPSA) is 79.4 Å². The van der Waals surface area contributed by atoms with E-state index in [4.69, 9.17) is 9.47 Å². The Hall–Kier alpha value is -1.83. The van der Waals surface area contributed by atoms with Crippen LogP contribution >= 0.6 is 0 Å². The first-order valence-corrected chi connectivity index (χ1v) is 12.4. The van der Waals surface area contributed by atoms with Crippen molar-refractivity contribution in [2.75, 3.05) is 45.9 Å². The molecule has 0 radical (unpaired) electrons. The first kappa shape index (κ1) is 24.8. The van der Waals surface area contributed by atoms with Gasteiger partial charge in [-0.05, 0) is 66.2 Å². The third-order valence-electron chi connectivity index (χ3n) is 6.95. The average Bonchev–Trinajstić information content (AvgIpc) is 2.78. The van der Waals surface area contributed by atoms with Crippen molar-refractivity contribution in [3.8, 4) is 0 Å². The molecule has 0 aromatic rings. The summed E-state index contributed by atoms with van der Waals surface area (Å²) in [5, 5.41) is 0. The zero-order valence-corrected chi connectivity index (χ0v) is 20.3. The van der Waals surface area contributed by atoms with Crippen molar-refractivity contribution in [1.29, 1.82) is 0 Å². The van der Waals surface area contributed by atoms with Crippen LogP contribution in [0.4, 0.5) is 4.79 Å². The Morgan fingerprint density at radius 3 is 1.88 bits per heavy atom. The van der Waals surface area contributed by atoms with E-state index < -0.39 is 5.60 Å². The van der Waals surface area contributed by atoms with Gasteiger partial charge in [0.2, 0.25) is 5.91 Å². The molecule has 0 N–H and O–H groups in total. The molecule has 1 saturated carbocycles. The Kier molecular flexibility index (Phi) is 8.42. The molecule has 2 heterocycles. The van der Waals surface area contributed by atoms with Crippen molar-refractivity contribution in [2.24, 2.45) is 11.8 Å². The molecule has 1 aliphatic carbocycles. The lowest BCUT2D eigenvalue weighted by Gasteiger charge is -2.43. The normalized spacial score (nSPS) is 26.0. The van der Waals surface area contributed by atoms with Gasteiger partial charge in [0, 0.05) is 51.2 Å². The van der Waals surface area contributed by atoms with Crippen molar-refractivity contribution < 1.29 is 23.9 Å². The van der Waals surface area contributed by atoms with E-state index in [2.05, 4.69) is 4.90 Å². The molecule has 0 bridgehead atoms. The second-order valence-corrected chi connectivity index (χ2v) is 10.4. The van der Waals surface area contributed by atoms with Gasteiger partial charge in [-0.25, -0.2) is 4.79 Å². The van der Waals surface area contributed by atoms with Gasteiger partial charge in [0.25, 0.3) is 0 Å². The van der Waals surface area contributed by atoms with Crippen LogP contribution in [0.15, 0.2) is 0 Å². The minimum atomic E-state index is -0.463. The zero-order chi connectivity index (χ0) is 23.3. The maximum Gasteiger partial charge on any atom is 0.410 e. The summed E-state index contributed by atoms with van der Waals surface area (Å²) >= 11 is 0. The molecule has 0 aromatic carbocycles. The molecule has 0 atom stereocenters. The van der Waals surface area contributed by atoms with Crippen LogP contribution in [0.1, 0.15) is 66.2 Å². The van der Waals surface area contributed by atoms with E-state index in [1.807, 2.05) is 37.5 Å². The van der Waals surface area contributed by atoms with E-state index in [0.717, 1.165) is 77.8 Å². The molecular weight excluding hydrogens is 410 g/mol. The number of ether oxygens (including phenoxy) is 2. The van der Waals surface area contributed by atoms with Crippen LogP contribution in [0.25, 0.3) is 0 Å². The van der Waals surface area contributed by atoms with Crippen molar-refractivity contribution in [1.82, 2.24) is 14.7 Å². The number of hydrogen-bond acceptors (Lipinski definition) is 6. The van der Waals surface area contributed by atoms with Gasteiger partial charge >= 0.3 is 12.1 Å². The number of carbonyl (C=O) groups excluding carboxylic acids is 3. The maximum absolute atomic E-state index is 13.0. The Morgan fingerprint density at radius 1 is 0.781 bits per heavy atom. The van der Waals surface area contributed by atoms with Crippen LogP contribution in [0, 0.1) is 11.8 Å². The summed E-state index contributed by atoms with van der Waals surface area (Å²) in [6.45, 7) is 12.7. The molecule has 3 rings (SSSR count). The van der Waals surface area contributed by atoms with Crippen LogP contribution in [0.3, 0.4) is 0 Å².